The molecule has 0 bridgehead atoms. The molecule has 164 valence electrons. The summed E-state index contributed by atoms with van der Waals surface area (Å²) in [5, 5.41) is 2.84. The maximum atomic E-state index is 12.2. The van der Waals surface area contributed by atoms with Crippen LogP contribution in [0.15, 0.2) is 78.9 Å². The van der Waals surface area contributed by atoms with Gasteiger partial charge in [-0.25, -0.2) is 4.79 Å². The summed E-state index contributed by atoms with van der Waals surface area (Å²) in [6, 6.07) is 24.6. The van der Waals surface area contributed by atoms with Gasteiger partial charge in [0.2, 0.25) is 0 Å². The largest absolute Gasteiger partial charge is 0.491 e. The summed E-state index contributed by atoms with van der Waals surface area (Å²) < 4.78 is 11.2. The van der Waals surface area contributed by atoms with Gasteiger partial charge in [-0.05, 0) is 60.2 Å². The molecule has 3 aromatic rings. The highest BCUT2D eigenvalue weighted by molar-refractivity contribution is 5.79. The molecule has 32 heavy (non-hydrogen) atoms. The lowest BCUT2D eigenvalue weighted by atomic mass is 9.98. The van der Waals surface area contributed by atoms with Crippen LogP contribution in [0.4, 0.5) is 4.79 Å². The minimum atomic E-state index is -0.379. The van der Waals surface area contributed by atoms with Crippen LogP contribution in [0.1, 0.15) is 42.9 Å². The van der Waals surface area contributed by atoms with Gasteiger partial charge in [-0.3, -0.25) is 0 Å². The Balaban J connectivity index is 1.23. The van der Waals surface area contributed by atoms with E-state index in [1.807, 2.05) is 74.5 Å². The normalized spacial score (nSPS) is 12.6. The third-order valence-corrected chi connectivity index (χ3v) is 5.49. The summed E-state index contributed by atoms with van der Waals surface area (Å²) in [4.78, 5) is 12.2. The molecule has 0 fully saturated rings. The number of rotatable bonds is 8. The number of nitrogens with one attached hydrogen (secondary N) is 1. The van der Waals surface area contributed by atoms with Crippen molar-refractivity contribution >= 4 is 12.2 Å². The SMILES string of the molecule is CC(C)Oc1ccc(C=CCCNC(=O)OCC2c3ccccc3-c3ccccc32)cc1. The molecule has 0 aromatic heterocycles. The van der Waals surface area contributed by atoms with Crippen molar-refractivity contribution in [1.29, 1.82) is 0 Å². The number of fused-ring (bicyclic) bond motifs is 3. The Morgan fingerprint density at radius 3 is 2.19 bits per heavy atom. The van der Waals surface area contributed by atoms with E-state index < -0.39 is 0 Å². The smallest absolute Gasteiger partial charge is 0.407 e. The minimum absolute atomic E-state index is 0.0793. The Morgan fingerprint density at radius 2 is 1.56 bits per heavy atom. The quantitative estimate of drug-likeness (QED) is 0.422. The molecule has 0 saturated carbocycles. The van der Waals surface area contributed by atoms with Crippen LogP contribution < -0.4 is 10.1 Å². The Labute approximate surface area is 189 Å². The molecule has 0 aliphatic heterocycles. The monoisotopic (exact) mass is 427 g/mol. The van der Waals surface area contributed by atoms with Gasteiger partial charge in [-0.2, -0.15) is 0 Å². The Kier molecular flexibility index (Phi) is 6.90. The molecule has 0 unspecified atom stereocenters. The summed E-state index contributed by atoms with van der Waals surface area (Å²) in [5.41, 5.74) is 5.99. The molecule has 0 atom stereocenters. The molecule has 1 aliphatic carbocycles. The number of alkyl carbamates (subject to hydrolysis) is 1. The standard InChI is InChI=1S/C28H29NO3/c1-20(2)32-22-16-14-21(15-17-22)9-7-8-18-29-28(30)31-19-27-25-12-5-3-10-23(25)24-11-4-6-13-26(24)27/h3-7,9-17,20,27H,8,18-19H2,1-2H3,(H,29,30). The molecule has 0 spiro atoms. The first-order valence-corrected chi connectivity index (χ1v) is 11.1. The van der Waals surface area contributed by atoms with E-state index in [0.29, 0.717) is 13.2 Å². The van der Waals surface area contributed by atoms with Crippen LogP contribution in [0.5, 0.6) is 5.75 Å². The van der Waals surface area contributed by atoms with Gasteiger partial charge in [0, 0.05) is 12.5 Å². The van der Waals surface area contributed by atoms with E-state index >= 15 is 0 Å². The second-order valence-electron chi connectivity index (χ2n) is 8.18. The first-order chi connectivity index (χ1) is 15.6. The maximum absolute atomic E-state index is 12.2. The van der Waals surface area contributed by atoms with Gasteiger partial charge >= 0.3 is 6.09 Å². The lowest BCUT2D eigenvalue weighted by Gasteiger charge is -2.14. The number of hydrogen-bond acceptors (Lipinski definition) is 3. The van der Waals surface area contributed by atoms with Crippen LogP contribution >= 0.6 is 0 Å². The van der Waals surface area contributed by atoms with Gasteiger partial charge in [0.1, 0.15) is 12.4 Å². The molecular formula is C28H29NO3. The van der Waals surface area contributed by atoms with Crippen LogP contribution in [0.3, 0.4) is 0 Å². The summed E-state index contributed by atoms with van der Waals surface area (Å²) in [6.45, 7) is 4.89. The molecule has 4 nitrogen and oxygen atoms in total. The zero-order chi connectivity index (χ0) is 22.3. The average Bonchev–Trinajstić information content (AvgIpc) is 3.12. The fraction of sp³-hybridized carbons (Fsp3) is 0.250. The van der Waals surface area contributed by atoms with Crippen LogP contribution in [0.25, 0.3) is 17.2 Å². The zero-order valence-electron chi connectivity index (χ0n) is 18.6. The predicted octanol–water partition coefficient (Wildman–Crippen LogP) is 6.42. The van der Waals surface area contributed by atoms with Gasteiger partial charge < -0.3 is 14.8 Å². The van der Waals surface area contributed by atoms with Crippen molar-refractivity contribution in [2.45, 2.75) is 32.3 Å². The van der Waals surface area contributed by atoms with E-state index in [0.717, 1.165) is 17.7 Å². The zero-order valence-corrected chi connectivity index (χ0v) is 18.6. The van der Waals surface area contributed by atoms with Crippen LogP contribution in [-0.2, 0) is 4.74 Å². The molecule has 1 amide bonds. The summed E-state index contributed by atoms with van der Waals surface area (Å²) in [7, 11) is 0. The average molecular weight is 428 g/mol. The fourth-order valence-electron chi connectivity index (χ4n) is 4.06. The number of carbonyl (C=O) groups is 1. The van der Waals surface area contributed by atoms with Crippen molar-refractivity contribution in [1.82, 2.24) is 5.32 Å². The third kappa shape index (κ3) is 5.20. The Hall–Kier alpha value is -3.53. The van der Waals surface area contributed by atoms with Gasteiger partial charge in [-0.1, -0.05) is 72.8 Å². The van der Waals surface area contributed by atoms with E-state index in [2.05, 4.69) is 29.6 Å². The third-order valence-electron chi connectivity index (χ3n) is 5.49. The summed E-state index contributed by atoms with van der Waals surface area (Å²) >= 11 is 0. The van der Waals surface area contributed by atoms with E-state index in [1.54, 1.807) is 0 Å². The molecule has 4 heteroatoms. The summed E-state index contributed by atoms with van der Waals surface area (Å²) in [6.07, 6.45) is 4.60. The van der Waals surface area contributed by atoms with Crippen molar-refractivity contribution in [3.63, 3.8) is 0 Å². The van der Waals surface area contributed by atoms with Crippen molar-refractivity contribution in [3.8, 4) is 16.9 Å². The second kappa shape index (κ2) is 10.2. The van der Waals surface area contributed by atoms with Gasteiger partial charge in [0.25, 0.3) is 0 Å². The Bertz CT molecular complexity index is 1040. The van der Waals surface area contributed by atoms with Crippen molar-refractivity contribution in [2.75, 3.05) is 13.2 Å². The van der Waals surface area contributed by atoms with Crippen molar-refractivity contribution in [3.05, 3.63) is 95.6 Å². The number of hydrogen-bond donors (Lipinski definition) is 1. The highest BCUT2D eigenvalue weighted by Gasteiger charge is 2.28. The molecular weight excluding hydrogens is 398 g/mol. The second-order valence-corrected chi connectivity index (χ2v) is 8.18. The minimum Gasteiger partial charge on any atom is -0.491 e. The van der Waals surface area contributed by atoms with Gasteiger partial charge in [0.15, 0.2) is 0 Å². The van der Waals surface area contributed by atoms with Crippen LogP contribution in [0.2, 0.25) is 0 Å². The predicted molar refractivity (Wildman–Crippen MR) is 129 cm³/mol. The summed E-state index contributed by atoms with van der Waals surface area (Å²) in [5.74, 6) is 0.949. The molecule has 1 N–H and O–H groups in total. The lowest BCUT2D eigenvalue weighted by molar-refractivity contribution is 0.143. The number of ether oxygens (including phenoxy) is 2. The number of amides is 1. The van der Waals surface area contributed by atoms with Crippen molar-refractivity contribution in [2.24, 2.45) is 0 Å². The first kappa shape index (κ1) is 21.7. The highest BCUT2D eigenvalue weighted by Crippen LogP contribution is 2.44. The van der Waals surface area contributed by atoms with E-state index in [4.69, 9.17) is 9.47 Å². The van der Waals surface area contributed by atoms with Crippen LogP contribution in [0, 0.1) is 0 Å². The molecule has 1 aliphatic rings. The molecule has 0 saturated heterocycles. The maximum Gasteiger partial charge on any atom is 0.407 e. The van der Waals surface area contributed by atoms with E-state index in [9.17, 15) is 4.79 Å². The fourth-order valence-corrected chi connectivity index (χ4v) is 4.06. The topological polar surface area (TPSA) is 47.6 Å². The highest BCUT2D eigenvalue weighted by atomic mass is 16.5. The molecule has 0 heterocycles. The lowest BCUT2D eigenvalue weighted by Crippen LogP contribution is -2.26. The molecule has 0 radical (unpaired) electrons. The molecule has 4 rings (SSSR count). The van der Waals surface area contributed by atoms with E-state index in [1.165, 1.54) is 22.3 Å². The number of benzene rings is 3. The van der Waals surface area contributed by atoms with Crippen molar-refractivity contribution < 1.29 is 14.3 Å². The van der Waals surface area contributed by atoms with Gasteiger partial charge in [-0.15, -0.1) is 0 Å². The number of carbonyl (C=O) groups excluding carboxylic acids is 1. The van der Waals surface area contributed by atoms with Crippen LogP contribution in [-0.4, -0.2) is 25.3 Å². The Morgan fingerprint density at radius 1 is 0.938 bits per heavy atom. The van der Waals surface area contributed by atoms with Gasteiger partial charge in [0.05, 0.1) is 6.10 Å². The van der Waals surface area contributed by atoms with E-state index in [-0.39, 0.29) is 18.1 Å². The molecule has 3 aromatic carbocycles. The first-order valence-electron chi connectivity index (χ1n) is 11.1.